The highest BCUT2D eigenvalue weighted by molar-refractivity contribution is 7.92. The Morgan fingerprint density at radius 2 is 1.50 bits per heavy atom. The van der Waals surface area contributed by atoms with Gasteiger partial charge in [0.2, 0.25) is 21.8 Å². The number of anilines is 1. The van der Waals surface area contributed by atoms with Gasteiger partial charge in [0.25, 0.3) is 0 Å². The summed E-state index contributed by atoms with van der Waals surface area (Å²) in [6.45, 7) is 1.84. The number of carbonyl (C=O) groups excluding carboxylic acids is 2. The molecule has 0 heterocycles. The fourth-order valence-corrected chi connectivity index (χ4v) is 5.32. The average Bonchev–Trinajstić information content (AvgIpc) is 2.89. The van der Waals surface area contributed by atoms with Crippen LogP contribution in [0.25, 0.3) is 0 Å². The lowest BCUT2D eigenvalue weighted by molar-refractivity contribution is -0.140. The molecule has 0 spiro atoms. The second kappa shape index (κ2) is 13.6. The minimum Gasteiger partial charge on any atom is -0.354 e. The van der Waals surface area contributed by atoms with Crippen molar-refractivity contribution in [3.05, 3.63) is 100 Å². The second-order valence-electron chi connectivity index (χ2n) is 8.83. The van der Waals surface area contributed by atoms with Gasteiger partial charge in [-0.2, -0.15) is 0 Å². The lowest BCUT2D eigenvalue weighted by atomic mass is 10.0. The maximum absolute atomic E-state index is 14.0. The van der Waals surface area contributed by atoms with Crippen molar-refractivity contribution < 1.29 is 18.0 Å². The molecule has 0 aliphatic carbocycles. The number of nitrogens with one attached hydrogen (secondary N) is 1. The van der Waals surface area contributed by atoms with Gasteiger partial charge in [0.1, 0.15) is 12.6 Å². The Balaban J connectivity index is 2.06. The van der Waals surface area contributed by atoms with Crippen molar-refractivity contribution in [2.24, 2.45) is 0 Å². The first-order valence-corrected chi connectivity index (χ1v) is 14.8. The summed E-state index contributed by atoms with van der Waals surface area (Å²) < 4.78 is 26.5. The fourth-order valence-electron chi connectivity index (χ4n) is 3.98. The molecule has 3 aromatic rings. The van der Waals surface area contributed by atoms with E-state index in [9.17, 15) is 18.0 Å². The van der Waals surface area contributed by atoms with Crippen LogP contribution in [-0.4, -0.2) is 50.5 Å². The van der Waals surface area contributed by atoms with Gasteiger partial charge in [-0.05, 0) is 35.7 Å². The van der Waals surface area contributed by atoms with Gasteiger partial charge in [-0.15, -0.1) is 0 Å². The Labute approximate surface area is 234 Å². The second-order valence-corrected chi connectivity index (χ2v) is 11.6. The van der Waals surface area contributed by atoms with Crippen molar-refractivity contribution in [2.45, 2.75) is 32.4 Å². The van der Waals surface area contributed by atoms with Gasteiger partial charge in [-0.3, -0.25) is 13.9 Å². The molecule has 0 aliphatic heterocycles. The van der Waals surface area contributed by atoms with Crippen molar-refractivity contribution in [1.82, 2.24) is 10.2 Å². The molecule has 1 atom stereocenters. The summed E-state index contributed by atoms with van der Waals surface area (Å²) in [6.07, 6.45) is 1.96. The van der Waals surface area contributed by atoms with E-state index in [1.54, 1.807) is 42.5 Å². The molecule has 2 amide bonds. The lowest BCUT2D eigenvalue weighted by Crippen LogP contribution is -2.53. The number of benzene rings is 3. The molecule has 7 nitrogen and oxygen atoms in total. The van der Waals surface area contributed by atoms with Gasteiger partial charge in [0.05, 0.1) is 17.0 Å². The van der Waals surface area contributed by atoms with Crippen LogP contribution >= 0.6 is 23.2 Å². The van der Waals surface area contributed by atoms with E-state index in [0.717, 1.165) is 22.5 Å². The van der Waals surface area contributed by atoms with E-state index in [2.05, 4.69) is 5.32 Å². The Morgan fingerprint density at radius 3 is 2.11 bits per heavy atom. The lowest BCUT2D eigenvalue weighted by Gasteiger charge is -2.33. The van der Waals surface area contributed by atoms with E-state index in [4.69, 9.17) is 23.2 Å². The molecule has 38 heavy (non-hydrogen) atoms. The number of sulfonamides is 1. The molecule has 0 radical (unpaired) electrons. The Kier molecular flexibility index (Phi) is 10.6. The molecule has 3 rings (SSSR count). The predicted molar refractivity (Wildman–Crippen MR) is 153 cm³/mol. The van der Waals surface area contributed by atoms with Crippen molar-refractivity contribution in [3.63, 3.8) is 0 Å². The zero-order chi connectivity index (χ0) is 27.7. The SMILES string of the molecule is CCCNC(=O)C(Cc1ccccc1)N(Cc1ccccc1Cl)C(=O)CN(c1ccccc1Cl)S(C)(=O)=O. The zero-order valence-electron chi connectivity index (χ0n) is 21.3. The van der Waals surface area contributed by atoms with Crippen molar-refractivity contribution >= 4 is 50.7 Å². The molecular formula is C28H31Cl2N3O4S. The van der Waals surface area contributed by atoms with Crippen LogP contribution in [-0.2, 0) is 32.6 Å². The molecule has 0 aliphatic rings. The molecule has 3 aromatic carbocycles. The number of rotatable bonds is 12. The first-order valence-electron chi connectivity index (χ1n) is 12.2. The number of hydrogen-bond acceptors (Lipinski definition) is 4. The molecule has 10 heteroatoms. The fraction of sp³-hybridized carbons (Fsp3) is 0.286. The standard InChI is InChI=1S/C28H31Cl2N3O4S/c1-3-17-31-28(35)26(18-21-11-5-4-6-12-21)32(19-22-13-7-8-14-23(22)29)27(34)20-33(38(2,36)37)25-16-10-9-15-24(25)30/h4-16,26H,3,17-20H2,1-2H3,(H,31,35). The third-order valence-electron chi connectivity index (χ3n) is 5.92. The van der Waals surface area contributed by atoms with Crippen molar-refractivity contribution in [3.8, 4) is 0 Å². The van der Waals surface area contributed by atoms with E-state index in [1.807, 2.05) is 37.3 Å². The highest BCUT2D eigenvalue weighted by atomic mass is 35.5. The van der Waals surface area contributed by atoms with E-state index in [1.165, 1.54) is 11.0 Å². The number of amides is 2. The first-order chi connectivity index (χ1) is 18.1. The number of carbonyl (C=O) groups is 2. The summed E-state index contributed by atoms with van der Waals surface area (Å²) in [7, 11) is -3.89. The molecule has 1 unspecified atom stereocenters. The highest BCUT2D eigenvalue weighted by Crippen LogP contribution is 2.28. The van der Waals surface area contributed by atoms with Gasteiger partial charge >= 0.3 is 0 Å². The van der Waals surface area contributed by atoms with Crippen LogP contribution in [0, 0.1) is 0 Å². The van der Waals surface area contributed by atoms with Crippen LogP contribution in [0.5, 0.6) is 0 Å². The summed E-state index contributed by atoms with van der Waals surface area (Å²) in [5, 5.41) is 3.51. The van der Waals surface area contributed by atoms with Crippen LogP contribution in [0.2, 0.25) is 10.0 Å². The van der Waals surface area contributed by atoms with Gasteiger partial charge in [0, 0.05) is 24.5 Å². The number of para-hydroxylation sites is 1. The normalized spacial score (nSPS) is 12.0. The third kappa shape index (κ3) is 7.96. The molecule has 1 N–H and O–H groups in total. The topological polar surface area (TPSA) is 86.8 Å². The largest absolute Gasteiger partial charge is 0.354 e. The summed E-state index contributed by atoms with van der Waals surface area (Å²) in [5.41, 5.74) is 1.66. The van der Waals surface area contributed by atoms with Crippen LogP contribution in [0.1, 0.15) is 24.5 Å². The summed E-state index contributed by atoms with van der Waals surface area (Å²) in [4.78, 5) is 28.8. The molecule has 202 valence electrons. The van der Waals surface area contributed by atoms with Gasteiger partial charge < -0.3 is 10.2 Å². The van der Waals surface area contributed by atoms with E-state index in [0.29, 0.717) is 17.1 Å². The molecule has 0 saturated carbocycles. The Hall–Kier alpha value is -3.07. The van der Waals surface area contributed by atoms with Crippen LogP contribution < -0.4 is 9.62 Å². The molecule has 0 saturated heterocycles. The minimum absolute atomic E-state index is 0.00960. The summed E-state index contributed by atoms with van der Waals surface area (Å²) in [5.74, 6) is -0.900. The van der Waals surface area contributed by atoms with Gasteiger partial charge in [-0.1, -0.05) is 90.8 Å². The number of nitrogens with zero attached hydrogens (tertiary/aromatic N) is 2. The van der Waals surface area contributed by atoms with Crippen LogP contribution in [0.3, 0.4) is 0 Å². The van der Waals surface area contributed by atoms with Gasteiger partial charge in [-0.25, -0.2) is 8.42 Å². The summed E-state index contributed by atoms with van der Waals surface area (Å²) >= 11 is 12.7. The van der Waals surface area contributed by atoms with E-state index in [-0.39, 0.29) is 29.6 Å². The van der Waals surface area contributed by atoms with E-state index < -0.39 is 28.5 Å². The predicted octanol–water partition coefficient (Wildman–Crippen LogP) is 4.93. The molecule has 0 bridgehead atoms. The van der Waals surface area contributed by atoms with Crippen molar-refractivity contribution in [1.29, 1.82) is 0 Å². The highest BCUT2D eigenvalue weighted by Gasteiger charge is 2.33. The Bertz CT molecular complexity index is 1350. The zero-order valence-corrected chi connectivity index (χ0v) is 23.6. The number of halogens is 2. The molecule has 0 aromatic heterocycles. The molecular weight excluding hydrogens is 545 g/mol. The molecule has 0 fully saturated rings. The average molecular weight is 577 g/mol. The Morgan fingerprint density at radius 1 is 0.895 bits per heavy atom. The van der Waals surface area contributed by atoms with Crippen LogP contribution in [0.15, 0.2) is 78.9 Å². The van der Waals surface area contributed by atoms with Crippen LogP contribution in [0.4, 0.5) is 5.69 Å². The first kappa shape index (κ1) is 29.5. The third-order valence-corrected chi connectivity index (χ3v) is 7.73. The van der Waals surface area contributed by atoms with Gasteiger partial charge in [0.15, 0.2) is 0 Å². The van der Waals surface area contributed by atoms with E-state index >= 15 is 0 Å². The number of hydrogen-bond donors (Lipinski definition) is 1. The summed E-state index contributed by atoms with van der Waals surface area (Å²) in [6, 6.07) is 21.9. The quantitative estimate of drug-likeness (QED) is 0.332. The van der Waals surface area contributed by atoms with Crippen molar-refractivity contribution in [2.75, 3.05) is 23.7 Å². The smallest absolute Gasteiger partial charge is 0.244 e. The monoisotopic (exact) mass is 575 g/mol. The maximum atomic E-state index is 14.0. The maximum Gasteiger partial charge on any atom is 0.244 e. The minimum atomic E-state index is -3.89.